The van der Waals surface area contributed by atoms with Crippen molar-refractivity contribution >= 4 is 43.6 Å². The van der Waals surface area contributed by atoms with Crippen LogP contribution in [0.25, 0.3) is 88.9 Å². The molecule has 0 radical (unpaired) electrons. The van der Waals surface area contributed by atoms with Crippen molar-refractivity contribution in [3.8, 4) is 57.4 Å². The summed E-state index contributed by atoms with van der Waals surface area (Å²) in [7, 11) is 0. The number of hydrogen-bond acceptors (Lipinski definition) is 8. The number of nitriles is 2. The Balaban J connectivity index is 1.36. The van der Waals surface area contributed by atoms with E-state index in [4.69, 9.17) is 0 Å². The van der Waals surface area contributed by atoms with Crippen LogP contribution in [0, 0.1) is 50.4 Å². The van der Waals surface area contributed by atoms with Crippen molar-refractivity contribution < 1.29 is 13.2 Å². The first-order valence-corrected chi connectivity index (χ1v) is 19.6. The molecular weight excluding hydrogens is 786 g/mol. The average Bonchev–Trinajstić information content (AvgIpc) is 3.76. The molecule has 13 heteroatoms. The molecule has 0 unspecified atom stereocenters. The molecule has 0 N–H and O–H groups in total. The van der Waals surface area contributed by atoms with Crippen LogP contribution in [0.2, 0.25) is 0 Å². The van der Waals surface area contributed by atoms with E-state index in [-0.39, 0.29) is 16.7 Å². The van der Waals surface area contributed by atoms with Crippen molar-refractivity contribution in [2.75, 3.05) is 0 Å². The van der Waals surface area contributed by atoms with Crippen LogP contribution in [-0.2, 0) is 6.18 Å². The summed E-state index contributed by atoms with van der Waals surface area (Å²) < 4.78 is 47.6. The molecule has 298 valence electrons. The molecule has 10 rings (SSSR count). The van der Waals surface area contributed by atoms with Gasteiger partial charge in [0.25, 0.3) is 0 Å². The largest absolute Gasteiger partial charge is 0.416 e. The Kier molecular flexibility index (Phi) is 8.68. The Bertz CT molecular complexity index is 3570. The molecule has 62 heavy (non-hydrogen) atoms. The molecule has 0 fully saturated rings. The normalized spacial score (nSPS) is 11.8. The van der Waals surface area contributed by atoms with Crippen LogP contribution >= 0.6 is 0 Å². The van der Waals surface area contributed by atoms with Crippen LogP contribution in [0.3, 0.4) is 0 Å². The third-order valence-corrected chi connectivity index (χ3v) is 11.0. The third kappa shape index (κ3) is 6.18. The van der Waals surface area contributed by atoms with Crippen molar-refractivity contribution in [3.63, 3.8) is 0 Å². The summed E-state index contributed by atoms with van der Waals surface area (Å²) in [6, 6.07) is 38.5. The lowest BCUT2D eigenvalue weighted by molar-refractivity contribution is -0.137. The standard InChI is InChI=1S/C49H31F3N10/c1-26-55-27(2)58-47(57-26)31-13-15-38-36-9-5-7-11-41(36)61(44(38)22-31)43-18-17-35(33-19-30(24-53)20-34(21-33)49(50,51)52)46(40(43)25-54)62-42-12-8-6-10-37(42)39-16-14-32(23-45(39)62)48-59-28(3)56-29(4)60-48/h5-23H,1-4H3. The van der Waals surface area contributed by atoms with Gasteiger partial charge in [-0.25, -0.2) is 29.9 Å². The molecule has 10 nitrogen and oxygen atoms in total. The second kappa shape index (κ2) is 14.2. The highest BCUT2D eigenvalue weighted by Gasteiger charge is 2.32. The van der Waals surface area contributed by atoms with Gasteiger partial charge in [0.2, 0.25) is 0 Å². The molecule has 4 aromatic heterocycles. The number of para-hydroxylation sites is 2. The zero-order chi connectivity index (χ0) is 43.0. The minimum Gasteiger partial charge on any atom is -0.308 e. The van der Waals surface area contributed by atoms with Crippen LogP contribution in [0.15, 0.2) is 115 Å². The number of hydrogen-bond donors (Lipinski definition) is 0. The molecule has 0 saturated carbocycles. The fourth-order valence-corrected chi connectivity index (χ4v) is 8.56. The quantitative estimate of drug-likeness (QED) is 0.168. The predicted molar refractivity (Wildman–Crippen MR) is 232 cm³/mol. The molecule has 0 bridgehead atoms. The van der Waals surface area contributed by atoms with E-state index in [1.807, 2.05) is 114 Å². The van der Waals surface area contributed by atoms with Crippen molar-refractivity contribution in [1.29, 1.82) is 10.5 Å². The van der Waals surface area contributed by atoms with Crippen LogP contribution in [-0.4, -0.2) is 39.0 Å². The molecule has 0 atom stereocenters. The van der Waals surface area contributed by atoms with Gasteiger partial charge in [-0.2, -0.15) is 23.7 Å². The molecule has 10 aromatic rings. The molecule has 0 aliphatic heterocycles. The van der Waals surface area contributed by atoms with Gasteiger partial charge in [-0.1, -0.05) is 66.7 Å². The molecule has 0 amide bonds. The van der Waals surface area contributed by atoms with E-state index in [1.165, 1.54) is 6.07 Å². The first kappa shape index (κ1) is 37.9. The zero-order valence-corrected chi connectivity index (χ0v) is 33.6. The summed E-state index contributed by atoms with van der Waals surface area (Å²) in [6.45, 7) is 7.20. The van der Waals surface area contributed by atoms with Gasteiger partial charge in [-0.15, -0.1) is 0 Å². The van der Waals surface area contributed by atoms with E-state index in [0.717, 1.165) is 50.3 Å². The van der Waals surface area contributed by atoms with Crippen LogP contribution in [0.5, 0.6) is 0 Å². The van der Waals surface area contributed by atoms with Crippen molar-refractivity contribution in [1.82, 2.24) is 39.0 Å². The highest BCUT2D eigenvalue weighted by Crippen LogP contribution is 2.44. The van der Waals surface area contributed by atoms with Crippen LogP contribution in [0.4, 0.5) is 13.2 Å². The zero-order valence-electron chi connectivity index (χ0n) is 33.6. The number of aromatic nitrogens is 8. The summed E-state index contributed by atoms with van der Waals surface area (Å²) in [5, 5.41) is 25.1. The predicted octanol–water partition coefficient (Wildman–Crippen LogP) is 11.2. The Morgan fingerprint density at radius 1 is 0.484 bits per heavy atom. The van der Waals surface area contributed by atoms with Gasteiger partial charge in [-0.3, -0.25) is 0 Å². The first-order chi connectivity index (χ1) is 29.9. The van der Waals surface area contributed by atoms with E-state index >= 15 is 0 Å². The van der Waals surface area contributed by atoms with Gasteiger partial charge < -0.3 is 9.13 Å². The first-order valence-electron chi connectivity index (χ1n) is 19.6. The average molecular weight is 817 g/mol. The van der Waals surface area contributed by atoms with E-state index < -0.39 is 11.7 Å². The van der Waals surface area contributed by atoms with Crippen molar-refractivity contribution in [2.24, 2.45) is 0 Å². The second-order valence-corrected chi connectivity index (χ2v) is 15.1. The van der Waals surface area contributed by atoms with Crippen LogP contribution in [0.1, 0.15) is 40.0 Å². The molecule has 6 aromatic carbocycles. The van der Waals surface area contributed by atoms with E-state index in [1.54, 1.807) is 26.0 Å². The maximum absolute atomic E-state index is 14.5. The lowest BCUT2D eigenvalue weighted by Gasteiger charge is -2.21. The highest BCUT2D eigenvalue weighted by atomic mass is 19.4. The molecule has 0 spiro atoms. The fraction of sp³-hybridized carbons (Fsp3) is 0.102. The number of benzene rings is 6. The lowest BCUT2D eigenvalue weighted by Crippen LogP contribution is -2.08. The summed E-state index contributed by atoms with van der Waals surface area (Å²) >= 11 is 0. The monoisotopic (exact) mass is 816 g/mol. The summed E-state index contributed by atoms with van der Waals surface area (Å²) in [5.41, 5.74) is 4.58. The molecular formula is C49H31F3N10. The third-order valence-electron chi connectivity index (χ3n) is 11.0. The van der Waals surface area contributed by atoms with Gasteiger partial charge in [0.1, 0.15) is 34.9 Å². The summed E-state index contributed by atoms with van der Waals surface area (Å²) in [6.07, 6.45) is -4.75. The number of rotatable bonds is 5. The number of alkyl halides is 3. The van der Waals surface area contributed by atoms with Gasteiger partial charge in [0, 0.05) is 38.2 Å². The number of nitrogens with zero attached hydrogens (tertiary/aromatic N) is 10. The van der Waals surface area contributed by atoms with Gasteiger partial charge in [0.05, 0.1) is 50.6 Å². The van der Waals surface area contributed by atoms with Crippen molar-refractivity contribution in [2.45, 2.75) is 33.9 Å². The smallest absolute Gasteiger partial charge is 0.308 e. The van der Waals surface area contributed by atoms with Gasteiger partial charge in [0.15, 0.2) is 11.6 Å². The number of aryl methyl sites for hydroxylation is 4. The van der Waals surface area contributed by atoms with E-state index in [2.05, 4.69) is 36.0 Å². The lowest BCUT2D eigenvalue weighted by atomic mass is 9.95. The van der Waals surface area contributed by atoms with E-state index in [0.29, 0.717) is 68.5 Å². The maximum atomic E-state index is 14.5. The van der Waals surface area contributed by atoms with Gasteiger partial charge in [-0.05, 0) is 81.8 Å². The van der Waals surface area contributed by atoms with Crippen LogP contribution < -0.4 is 0 Å². The Morgan fingerprint density at radius 3 is 1.50 bits per heavy atom. The SMILES string of the molecule is Cc1nc(C)nc(-c2ccc3c4ccccc4n(-c4ccc(-c5cc(C#N)cc(C(F)(F)F)c5)c(-n5c6ccccc6c6ccc(-c7nc(C)nc(C)n7)cc65)c4C#N)c3c2)n1. The van der Waals surface area contributed by atoms with E-state index in [9.17, 15) is 23.7 Å². The molecule has 0 aliphatic carbocycles. The molecule has 0 aliphatic rings. The topological polar surface area (TPSA) is 135 Å². The molecule has 0 saturated heterocycles. The number of fused-ring (bicyclic) bond motifs is 6. The maximum Gasteiger partial charge on any atom is 0.416 e. The minimum absolute atomic E-state index is 0.116. The summed E-state index contributed by atoms with van der Waals surface area (Å²) in [5.74, 6) is 3.18. The number of halogens is 3. The highest BCUT2D eigenvalue weighted by molar-refractivity contribution is 6.12. The minimum atomic E-state index is -4.75. The second-order valence-electron chi connectivity index (χ2n) is 15.1. The summed E-state index contributed by atoms with van der Waals surface area (Å²) in [4.78, 5) is 27.2. The Hall–Kier alpha value is -8.29. The van der Waals surface area contributed by atoms with Crippen molar-refractivity contribution in [3.05, 3.63) is 155 Å². The molecule has 4 heterocycles. The fourth-order valence-electron chi connectivity index (χ4n) is 8.56. The Morgan fingerprint density at radius 2 is 0.984 bits per heavy atom. The van der Waals surface area contributed by atoms with Gasteiger partial charge >= 0.3 is 6.18 Å². The Labute approximate surface area is 351 Å².